The summed E-state index contributed by atoms with van der Waals surface area (Å²) in [7, 11) is 3.35. The highest BCUT2D eigenvalue weighted by atomic mass is 16.5. The lowest BCUT2D eigenvalue weighted by Crippen LogP contribution is -2.32. The maximum atomic E-state index is 8.84. The molecular weight excluding hydrogens is 204 g/mol. The van der Waals surface area contributed by atoms with Crippen molar-refractivity contribution < 1.29 is 9.47 Å². The molecule has 1 unspecified atom stereocenters. The average Bonchev–Trinajstić information content (AvgIpc) is 2.27. The zero-order chi connectivity index (χ0) is 12.4. The van der Waals surface area contributed by atoms with E-state index in [1.807, 2.05) is 13.8 Å². The molecule has 0 saturated heterocycles. The van der Waals surface area contributed by atoms with E-state index in [1.165, 1.54) is 0 Å². The number of nitriles is 1. The van der Waals surface area contributed by atoms with Crippen molar-refractivity contribution in [3.8, 4) is 6.07 Å². The number of rotatable bonds is 9. The predicted octanol–water partition coefficient (Wildman–Crippen LogP) is 1.57. The van der Waals surface area contributed by atoms with E-state index in [0.717, 1.165) is 25.9 Å². The molecule has 0 spiro atoms. The van der Waals surface area contributed by atoms with Crippen LogP contribution in [0, 0.1) is 16.7 Å². The largest absolute Gasteiger partial charge is 0.382 e. The molecule has 0 aromatic rings. The monoisotopic (exact) mass is 228 g/mol. The first-order valence-electron chi connectivity index (χ1n) is 5.69. The number of ether oxygens (including phenoxy) is 2. The standard InChI is InChI=1S/C12H24N2O2/c1-12(2,10-13)6-5-7-14-8-11(16-4)9-15-3/h11,14H,5-9H2,1-4H3. The van der Waals surface area contributed by atoms with Crippen LogP contribution < -0.4 is 5.32 Å². The Bertz CT molecular complexity index is 212. The molecule has 4 heteroatoms. The van der Waals surface area contributed by atoms with E-state index in [0.29, 0.717) is 6.61 Å². The Morgan fingerprint density at radius 3 is 2.56 bits per heavy atom. The highest BCUT2D eigenvalue weighted by Crippen LogP contribution is 2.19. The van der Waals surface area contributed by atoms with Crippen molar-refractivity contribution in [3.05, 3.63) is 0 Å². The first-order valence-corrected chi connectivity index (χ1v) is 5.69. The molecule has 0 aliphatic carbocycles. The van der Waals surface area contributed by atoms with Gasteiger partial charge in [0.15, 0.2) is 0 Å². The van der Waals surface area contributed by atoms with Gasteiger partial charge >= 0.3 is 0 Å². The fourth-order valence-corrected chi connectivity index (χ4v) is 1.37. The summed E-state index contributed by atoms with van der Waals surface area (Å²) >= 11 is 0. The fourth-order valence-electron chi connectivity index (χ4n) is 1.37. The van der Waals surface area contributed by atoms with Gasteiger partial charge in [-0.25, -0.2) is 0 Å². The molecule has 0 saturated carbocycles. The van der Waals surface area contributed by atoms with Gasteiger partial charge in [-0.2, -0.15) is 5.26 Å². The Labute approximate surface area is 98.9 Å². The second kappa shape index (κ2) is 8.51. The van der Waals surface area contributed by atoms with Crippen molar-refractivity contribution in [2.75, 3.05) is 33.9 Å². The Morgan fingerprint density at radius 2 is 2.06 bits per heavy atom. The van der Waals surface area contributed by atoms with Crippen LogP contribution >= 0.6 is 0 Å². The molecule has 94 valence electrons. The van der Waals surface area contributed by atoms with Crippen molar-refractivity contribution in [3.63, 3.8) is 0 Å². The summed E-state index contributed by atoms with van der Waals surface area (Å²) < 4.78 is 10.2. The van der Waals surface area contributed by atoms with E-state index in [4.69, 9.17) is 14.7 Å². The normalized spacial score (nSPS) is 13.4. The molecule has 0 bridgehead atoms. The fraction of sp³-hybridized carbons (Fsp3) is 0.917. The molecule has 1 atom stereocenters. The van der Waals surface area contributed by atoms with E-state index in [2.05, 4.69) is 11.4 Å². The molecule has 4 nitrogen and oxygen atoms in total. The third kappa shape index (κ3) is 7.63. The van der Waals surface area contributed by atoms with Crippen LogP contribution in [-0.2, 0) is 9.47 Å². The van der Waals surface area contributed by atoms with Gasteiger partial charge in [-0.1, -0.05) is 0 Å². The number of hydrogen-bond donors (Lipinski definition) is 1. The van der Waals surface area contributed by atoms with Crippen LogP contribution in [0.4, 0.5) is 0 Å². The van der Waals surface area contributed by atoms with Gasteiger partial charge in [0.2, 0.25) is 0 Å². The van der Waals surface area contributed by atoms with Crippen molar-refractivity contribution in [2.45, 2.75) is 32.8 Å². The molecule has 0 heterocycles. The Balaban J connectivity index is 3.50. The summed E-state index contributed by atoms with van der Waals surface area (Å²) in [6.07, 6.45) is 2.02. The molecule has 16 heavy (non-hydrogen) atoms. The van der Waals surface area contributed by atoms with Crippen LogP contribution in [0.1, 0.15) is 26.7 Å². The van der Waals surface area contributed by atoms with Crippen molar-refractivity contribution in [1.82, 2.24) is 5.32 Å². The maximum Gasteiger partial charge on any atom is 0.0928 e. The number of nitrogens with zero attached hydrogens (tertiary/aromatic N) is 1. The molecule has 0 aliphatic heterocycles. The number of methoxy groups -OCH3 is 2. The highest BCUT2D eigenvalue weighted by molar-refractivity contribution is 4.91. The summed E-state index contributed by atoms with van der Waals surface area (Å²) in [5.41, 5.74) is -0.213. The van der Waals surface area contributed by atoms with Crippen LogP contribution in [-0.4, -0.2) is 40.0 Å². The molecular formula is C12H24N2O2. The third-order valence-electron chi connectivity index (χ3n) is 2.52. The second-order valence-corrected chi connectivity index (χ2v) is 4.62. The lowest BCUT2D eigenvalue weighted by atomic mass is 9.90. The summed E-state index contributed by atoms with van der Waals surface area (Å²) in [4.78, 5) is 0. The lowest BCUT2D eigenvalue weighted by Gasteiger charge is -2.17. The minimum Gasteiger partial charge on any atom is -0.382 e. The van der Waals surface area contributed by atoms with Crippen LogP contribution in [0.25, 0.3) is 0 Å². The first-order chi connectivity index (χ1) is 7.55. The van der Waals surface area contributed by atoms with E-state index in [1.54, 1.807) is 14.2 Å². The average molecular weight is 228 g/mol. The molecule has 0 aromatic carbocycles. The van der Waals surface area contributed by atoms with Crippen LogP contribution in [0.2, 0.25) is 0 Å². The van der Waals surface area contributed by atoms with E-state index in [9.17, 15) is 0 Å². The van der Waals surface area contributed by atoms with Gasteiger partial charge in [0.05, 0.1) is 24.2 Å². The SMILES string of the molecule is COCC(CNCCCC(C)(C)C#N)OC. The topological polar surface area (TPSA) is 54.3 Å². The molecule has 0 aliphatic rings. The summed E-state index contributed by atoms with van der Waals surface area (Å²) in [5, 5.41) is 12.1. The minimum atomic E-state index is -0.213. The molecule has 0 aromatic heterocycles. The van der Waals surface area contributed by atoms with Gasteiger partial charge in [-0.3, -0.25) is 0 Å². The Kier molecular flexibility index (Phi) is 8.18. The number of nitrogens with one attached hydrogen (secondary N) is 1. The lowest BCUT2D eigenvalue weighted by molar-refractivity contribution is 0.0289. The van der Waals surface area contributed by atoms with Crippen molar-refractivity contribution in [2.24, 2.45) is 5.41 Å². The summed E-state index contributed by atoms with van der Waals surface area (Å²) in [6.45, 7) is 6.24. The van der Waals surface area contributed by atoms with Gasteiger partial charge in [0.25, 0.3) is 0 Å². The molecule has 1 N–H and O–H groups in total. The van der Waals surface area contributed by atoms with Gasteiger partial charge in [-0.05, 0) is 33.2 Å². The zero-order valence-electron chi connectivity index (χ0n) is 10.9. The van der Waals surface area contributed by atoms with Crippen LogP contribution in [0.3, 0.4) is 0 Å². The van der Waals surface area contributed by atoms with Gasteiger partial charge in [-0.15, -0.1) is 0 Å². The summed E-state index contributed by atoms with van der Waals surface area (Å²) in [6, 6.07) is 2.30. The Morgan fingerprint density at radius 1 is 1.38 bits per heavy atom. The Hall–Kier alpha value is -0.630. The third-order valence-corrected chi connectivity index (χ3v) is 2.52. The first kappa shape index (κ1) is 15.4. The van der Waals surface area contributed by atoms with Gasteiger partial charge in [0.1, 0.15) is 0 Å². The van der Waals surface area contributed by atoms with E-state index in [-0.39, 0.29) is 11.5 Å². The van der Waals surface area contributed by atoms with E-state index >= 15 is 0 Å². The van der Waals surface area contributed by atoms with Gasteiger partial charge < -0.3 is 14.8 Å². The summed E-state index contributed by atoms with van der Waals surface area (Å²) in [5.74, 6) is 0. The van der Waals surface area contributed by atoms with Crippen molar-refractivity contribution >= 4 is 0 Å². The minimum absolute atomic E-state index is 0.106. The molecule has 0 rings (SSSR count). The second-order valence-electron chi connectivity index (χ2n) is 4.62. The van der Waals surface area contributed by atoms with Gasteiger partial charge in [0, 0.05) is 20.8 Å². The molecule has 0 radical (unpaired) electrons. The predicted molar refractivity (Wildman–Crippen MR) is 64.2 cm³/mol. The van der Waals surface area contributed by atoms with E-state index < -0.39 is 0 Å². The van der Waals surface area contributed by atoms with Crippen LogP contribution in [0.5, 0.6) is 0 Å². The number of hydrogen-bond acceptors (Lipinski definition) is 4. The zero-order valence-corrected chi connectivity index (χ0v) is 10.9. The quantitative estimate of drug-likeness (QED) is 0.609. The molecule has 0 amide bonds. The highest BCUT2D eigenvalue weighted by Gasteiger charge is 2.15. The smallest absolute Gasteiger partial charge is 0.0928 e. The molecule has 0 fully saturated rings. The van der Waals surface area contributed by atoms with Crippen LogP contribution in [0.15, 0.2) is 0 Å². The maximum absolute atomic E-state index is 8.84. The van der Waals surface area contributed by atoms with Crippen molar-refractivity contribution in [1.29, 1.82) is 5.26 Å².